The third-order valence-corrected chi connectivity index (χ3v) is 5.02. The van der Waals surface area contributed by atoms with Crippen molar-refractivity contribution in [3.05, 3.63) is 87.1 Å². The molecule has 0 amide bonds. The van der Waals surface area contributed by atoms with Gasteiger partial charge in [-0.15, -0.1) is 5.10 Å². The van der Waals surface area contributed by atoms with Gasteiger partial charge in [-0.25, -0.2) is 4.39 Å². The Morgan fingerprint density at radius 1 is 1.31 bits per heavy atom. The van der Waals surface area contributed by atoms with E-state index in [4.69, 9.17) is 26.8 Å². The van der Waals surface area contributed by atoms with Crippen molar-refractivity contribution in [3.63, 3.8) is 0 Å². The molecule has 146 valence electrons. The lowest BCUT2D eigenvalue weighted by Gasteiger charge is -2.24. The van der Waals surface area contributed by atoms with Crippen LogP contribution >= 0.6 is 11.6 Å². The van der Waals surface area contributed by atoms with Crippen LogP contribution in [0.1, 0.15) is 28.3 Å². The zero-order valence-corrected chi connectivity index (χ0v) is 16.1. The minimum atomic E-state index is -0.453. The van der Waals surface area contributed by atoms with Crippen LogP contribution in [0.15, 0.2) is 53.9 Å². The van der Waals surface area contributed by atoms with Gasteiger partial charge in [0.15, 0.2) is 0 Å². The van der Waals surface area contributed by atoms with Crippen LogP contribution in [0.25, 0.3) is 0 Å². The topological polar surface area (TPSA) is 97.0 Å². The summed E-state index contributed by atoms with van der Waals surface area (Å²) in [6, 6.07) is 13.5. The van der Waals surface area contributed by atoms with E-state index >= 15 is 0 Å². The van der Waals surface area contributed by atoms with Crippen molar-refractivity contribution < 1.29 is 13.9 Å². The lowest BCUT2D eigenvalue weighted by atomic mass is 9.84. The highest BCUT2D eigenvalue weighted by atomic mass is 35.5. The molecule has 3 aromatic rings. The first-order valence-corrected chi connectivity index (χ1v) is 9.15. The van der Waals surface area contributed by atoms with Crippen molar-refractivity contribution in [2.24, 2.45) is 5.73 Å². The second-order valence-electron chi connectivity index (χ2n) is 6.60. The molecule has 0 aliphatic carbocycles. The zero-order chi connectivity index (χ0) is 20.5. The molecular weight excluding hydrogens is 395 g/mol. The van der Waals surface area contributed by atoms with Crippen LogP contribution in [0.2, 0.25) is 5.02 Å². The molecule has 1 atom stereocenters. The second kappa shape index (κ2) is 7.49. The Bertz CT molecular complexity index is 1150. The van der Waals surface area contributed by atoms with Gasteiger partial charge in [0.1, 0.15) is 29.8 Å². The molecule has 2 heterocycles. The number of hydrogen-bond donors (Lipinski definition) is 2. The van der Waals surface area contributed by atoms with Crippen molar-refractivity contribution in [2.45, 2.75) is 19.4 Å². The van der Waals surface area contributed by atoms with E-state index < -0.39 is 5.92 Å². The summed E-state index contributed by atoms with van der Waals surface area (Å²) in [7, 11) is 0. The standard InChI is InChI=1S/C21H16ClFN4O2/c1-11-18-19(15(9-24)20(25)29-21(18)27-26-11)13-4-7-17(16(22)8-13)28-10-12-2-5-14(23)6-3-12/h2-8,19H,10,25H2,1H3,(H,26,27). The molecule has 0 bridgehead atoms. The minimum absolute atomic E-state index is 0.0178. The first kappa shape index (κ1) is 18.8. The molecule has 0 spiro atoms. The summed E-state index contributed by atoms with van der Waals surface area (Å²) in [4.78, 5) is 0. The molecule has 6 nitrogen and oxygen atoms in total. The molecule has 0 radical (unpaired) electrons. The number of ether oxygens (including phenoxy) is 2. The monoisotopic (exact) mass is 410 g/mol. The number of aromatic nitrogens is 2. The van der Waals surface area contributed by atoms with E-state index in [2.05, 4.69) is 16.3 Å². The summed E-state index contributed by atoms with van der Waals surface area (Å²) < 4.78 is 24.2. The average Bonchev–Trinajstić information content (AvgIpc) is 3.07. The summed E-state index contributed by atoms with van der Waals surface area (Å²) in [6.07, 6.45) is 0. The van der Waals surface area contributed by atoms with Gasteiger partial charge in [0.05, 0.1) is 10.9 Å². The van der Waals surface area contributed by atoms with Crippen LogP contribution in [0.4, 0.5) is 4.39 Å². The van der Waals surface area contributed by atoms with Crippen molar-refractivity contribution in [2.75, 3.05) is 0 Å². The number of aromatic amines is 1. The van der Waals surface area contributed by atoms with Gasteiger partial charge in [0.2, 0.25) is 11.8 Å². The molecule has 29 heavy (non-hydrogen) atoms. The normalized spacial score (nSPS) is 15.4. The zero-order valence-electron chi connectivity index (χ0n) is 15.4. The van der Waals surface area contributed by atoms with E-state index in [1.807, 2.05) is 13.0 Å². The van der Waals surface area contributed by atoms with Crippen LogP contribution in [0.5, 0.6) is 11.6 Å². The smallest absolute Gasteiger partial charge is 0.244 e. The number of aryl methyl sites for hydroxylation is 1. The number of fused-ring (bicyclic) bond motifs is 1. The molecule has 1 aromatic heterocycles. The van der Waals surface area contributed by atoms with Crippen molar-refractivity contribution in [1.29, 1.82) is 5.26 Å². The second-order valence-corrected chi connectivity index (χ2v) is 7.00. The highest BCUT2D eigenvalue weighted by Crippen LogP contribution is 2.43. The fraction of sp³-hybridized carbons (Fsp3) is 0.143. The predicted molar refractivity (Wildman–Crippen MR) is 105 cm³/mol. The number of rotatable bonds is 4. The Morgan fingerprint density at radius 2 is 2.07 bits per heavy atom. The Kier molecular flexibility index (Phi) is 4.87. The van der Waals surface area contributed by atoms with Crippen LogP contribution in [0, 0.1) is 24.1 Å². The van der Waals surface area contributed by atoms with Gasteiger partial charge in [-0.1, -0.05) is 29.8 Å². The lowest BCUT2D eigenvalue weighted by Crippen LogP contribution is -2.21. The molecule has 1 aliphatic heterocycles. The van der Waals surface area contributed by atoms with Gasteiger partial charge >= 0.3 is 0 Å². The molecule has 1 unspecified atom stereocenters. The Hall–Kier alpha value is -3.50. The van der Waals surface area contributed by atoms with Gasteiger partial charge in [0.25, 0.3) is 0 Å². The molecule has 2 aromatic carbocycles. The minimum Gasteiger partial charge on any atom is -0.487 e. The Morgan fingerprint density at radius 3 is 2.76 bits per heavy atom. The molecule has 0 saturated heterocycles. The van der Waals surface area contributed by atoms with Crippen LogP contribution in [-0.4, -0.2) is 10.2 Å². The number of benzene rings is 2. The third kappa shape index (κ3) is 3.50. The fourth-order valence-electron chi connectivity index (χ4n) is 3.29. The van der Waals surface area contributed by atoms with E-state index in [0.717, 1.165) is 22.4 Å². The molecule has 1 aliphatic rings. The lowest BCUT2D eigenvalue weighted by molar-refractivity contribution is 0.306. The number of nitrogens with zero attached hydrogens (tertiary/aromatic N) is 2. The van der Waals surface area contributed by atoms with Gasteiger partial charge in [-0.2, -0.15) is 5.26 Å². The summed E-state index contributed by atoms with van der Waals surface area (Å²) in [5, 5.41) is 17.0. The van der Waals surface area contributed by atoms with E-state index in [9.17, 15) is 9.65 Å². The Labute approximate surface area is 171 Å². The highest BCUT2D eigenvalue weighted by molar-refractivity contribution is 6.32. The summed E-state index contributed by atoms with van der Waals surface area (Å²) in [5.74, 6) is 0.0840. The molecule has 3 N–H and O–H groups in total. The maximum atomic E-state index is 13.0. The number of nitriles is 1. The van der Waals surface area contributed by atoms with Crippen molar-refractivity contribution in [3.8, 4) is 17.7 Å². The van der Waals surface area contributed by atoms with Crippen LogP contribution < -0.4 is 15.2 Å². The van der Waals surface area contributed by atoms with Gasteiger partial charge in [-0.05, 0) is 42.3 Å². The van der Waals surface area contributed by atoms with E-state index in [1.165, 1.54) is 12.1 Å². The van der Waals surface area contributed by atoms with Gasteiger partial charge in [0, 0.05) is 11.3 Å². The number of allylic oxidation sites excluding steroid dienone is 1. The SMILES string of the molecule is Cc1[nH]nc2c1C(c1ccc(OCc3ccc(F)cc3)c(Cl)c1)C(C#N)=C(N)O2. The first-order chi connectivity index (χ1) is 14.0. The van der Waals surface area contributed by atoms with Crippen LogP contribution in [-0.2, 0) is 6.61 Å². The first-order valence-electron chi connectivity index (χ1n) is 8.77. The largest absolute Gasteiger partial charge is 0.487 e. The predicted octanol–water partition coefficient (Wildman–Crippen LogP) is 4.31. The van der Waals surface area contributed by atoms with Gasteiger partial charge < -0.3 is 15.2 Å². The fourth-order valence-corrected chi connectivity index (χ4v) is 3.53. The van der Waals surface area contributed by atoms with E-state index in [0.29, 0.717) is 16.7 Å². The summed E-state index contributed by atoms with van der Waals surface area (Å²) >= 11 is 6.44. The summed E-state index contributed by atoms with van der Waals surface area (Å²) in [5.41, 5.74) is 9.32. The summed E-state index contributed by atoms with van der Waals surface area (Å²) in [6.45, 7) is 2.10. The van der Waals surface area contributed by atoms with Gasteiger partial charge in [-0.3, -0.25) is 5.10 Å². The van der Waals surface area contributed by atoms with Crippen LogP contribution in [0.3, 0.4) is 0 Å². The number of H-pyrrole nitrogens is 1. The maximum absolute atomic E-state index is 13.0. The van der Waals surface area contributed by atoms with Crippen molar-refractivity contribution in [1.82, 2.24) is 10.2 Å². The molecule has 0 fully saturated rings. The number of nitrogens with two attached hydrogens (primary N) is 1. The molecule has 0 saturated carbocycles. The maximum Gasteiger partial charge on any atom is 0.244 e. The quantitative estimate of drug-likeness (QED) is 0.668. The Balaban J connectivity index is 1.64. The average molecular weight is 411 g/mol. The number of nitrogens with one attached hydrogen (secondary N) is 1. The van der Waals surface area contributed by atoms with E-state index in [-0.39, 0.29) is 23.9 Å². The molecule has 8 heteroatoms. The molecular formula is C21H16ClFN4O2. The number of hydrogen-bond acceptors (Lipinski definition) is 5. The van der Waals surface area contributed by atoms with E-state index in [1.54, 1.807) is 24.3 Å². The highest BCUT2D eigenvalue weighted by Gasteiger charge is 2.34. The third-order valence-electron chi connectivity index (χ3n) is 4.73. The number of halogens is 2. The molecule has 4 rings (SSSR count). The van der Waals surface area contributed by atoms with Crippen molar-refractivity contribution >= 4 is 11.6 Å².